The van der Waals surface area contributed by atoms with Gasteiger partial charge in [0.15, 0.2) is 9.84 Å². The molecule has 0 spiro atoms. The Morgan fingerprint density at radius 2 is 1.44 bits per heavy atom. The summed E-state index contributed by atoms with van der Waals surface area (Å²) >= 11 is 0. The highest BCUT2D eigenvalue weighted by molar-refractivity contribution is 7.92. The lowest BCUT2D eigenvalue weighted by Gasteiger charge is -2.28. The van der Waals surface area contributed by atoms with Crippen LogP contribution >= 0.6 is 0 Å². The lowest BCUT2D eigenvalue weighted by Crippen LogP contribution is -2.29. The largest absolute Gasteiger partial charge is 0.265 e. The van der Waals surface area contributed by atoms with Crippen molar-refractivity contribution in [3.05, 3.63) is 95.8 Å². The van der Waals surface area contributed by atoms with Crippen molar-refractivity contribution in [2.75, 3.05) is 0 Å². The highest BCUT2D eigenvalue weighted by Crippen LogP contribution is 2.36. The molecule has 0 aliphatic heterocycles. The van der Waals surface area contributed by atoms with Crippen LogP contribution in [0.15, 0.2) is 84.0 Å². The SMILES string of the molecule is CCC[C@H]([C@H](c1ccccc1)c1ccncc1)S(=O)(=O)c1ccc(C)cc1. The number of pyridine rings is 1. The third-order valence-corrected chi connectivity index (χ3v) is 7.15. The molecule has 27 heavy (non-hydrogen) atoms. The Labute approximate surface area is 162 Å². The van der Waals surface area contributed by atoms with Gasteiger partial charge in [0.05, 0.1) is 10.1 Å². The molecule has 0 radical (unpaired) electrons. The number of aryl methyl sites for hydroxylation is 1. The zero-order chi connectivity index (χ0) is 19.3. The Morgan fingerprint density at radius 3 is 2.04 bits per heavy atom. The molecular formula is C23H25NO2S. The van der Waals surface area contributed by atoms with Gasteiger partial charge in [-0.15, -0.1) is 0 Å². The van der Waals surface area contributed by atoms with E-state index in [4.69, 9.17) is 0 Å². The molecule has 0 aliphatic rings. The fourth-order valence-electron chi connectivity index (χ4n) is 3.54. The van der Waals surface area contributed by atoms with E-state index in [1.807, 2.05) is 68.4 Å². The second-order valence-corrected chi connectivity index (χ2v) is 9.02. The van der Waals surface area contributed by atoms with E-state index in [2.05, 4.69) is 4.98 Å². The number of hydrogen-bond acceptors (Lipinski definition) is 3. The Hall–Kier alpha value is -2.46. The summed E-state index contributed by atoms with van der Waals surface area (Å²) in [5.41, 5.74) is 3.04. The number of aromatic nitrogens is 1. The first-order valence-electron chi connectivity index (χ1n) is 9.29. The summed E-state index contributed by atoms with van der Waals surface area (Å²) in [6, 6.07) is 20.9. The monoisotopic (exact) mass is 379 g/mol. The predicted octanol–water partition coefficient (Wildman–Crippen LogP) is 5.16. The van der Waals surface area contributed by atoms with E-state index >= 15 is 0 Å². The van der Waals surface area contributed by atoms with E-state index in [9.17, 15) is 8.42 Å². The number of hydrogen-bond donors (Lipinski definition) is 0. The van der Waals surface area contributed by atoms with Crippen molar-refractivity contribution < 1.29 is 8.42 Å². The lowest BCUT2D eigenvalue weighted by atomic mass is 9.87. The molecule has 0 unspecified atom stereocenters. The van der Waals surface area contributed by atoms with Crippen LogP contribution in [0, 0.1) is 6.92 Å². The van der Waals surface area contributed by atoms with Crippen molar-refractivity contribution >= 4 is 9.84 Å². The molecule has 0 amide bonds. The Bertz CT molecular complexity index is 913. The van der Waals surface area contributed by atoms with Gasteiger partial charge in [-0.1, -0.05) is 61.4 Å². The van der Waals surface area contributed by atoms with Crippen molar-refractivity contribution in [2.45, 2.75) is 42.8 Å². The number of benzene rings is 2. The van der Waals surface area contributed by atoms with Crippen LogP contribution in [0.5, 0.6) is 0 Å². The summed E-state index contributed by atoms with van der Waals surface area (Å²) in [5.74, 6) is -0.236. The summed E-state index contributed by atoms with van der Waals surface area (Å²) in [4.78, 5) is 4.50. The molecule has 140 valence electrons. The van der Waals surface area contributed by atoms with Crippen LogP contribution in [0.3, 0.4) is 0 Å². The molecule has 3 aromatic rings. The fourth-order valence-corrected chi connectivity index (χ4v) is 5.62. The number of sulfone groups is 1. The average Bonchev–Trinajstić information content (AvgIpc) is 2.69. The van der Waals surface area contributed by atoms with Gasteiger partial charge in [0.2, 0.25) is 0 Å². The van der Waals surface area contributed by atoms with Crippen LogP contribution < -0.4 is 0 Å². The van der Waals surface area contributed by atoms with Gasteiger partial charge in [-0.25, -0.2) is 8.42 Å². The maximum absolute atomic E-state index is 13.6. The Kier molecular flexibility index (Phi) is 6.07. The molecule has 0 fully saturated rings. The number of rotatable bonds is 7. The van der Waals surface area contributed by atoms with E-state index in [0.29, 0.717) is 11.3 Å². The molecule has 0 saturated carbocycles. The molecule has 1 aromatic heterocycles. The molecule has 2 aromatic carbocycles. The third-order valence-electron chi connectivity index (χ3n) is 4.92. The second kappa shape index (κ2) is 8.49. The van der Waals surface area contributed by atoms with Gasteiger partial charge < -0.3 is 0 Å². The quantitative estimate of drug-likeness (QED) is 0.569. The first-order valence-corrected chi connectivity index (χ1v) is 10.8. The minimum Gasteiger partial charge on any atom is -0.265 e. The molecular weight excluding hydrogens is 354 g/mol. The van der Waals surface area contributed by atoms with E-state index in [1.165, 1.54) is 0 Å². The van der Waals surface area contributed by atoms with Gasteiger partial charge in [-0.3, -0.25) is 4.98 Å². The van der Waals surface area contributed by atoms with Crippen LogP contribution in [0.4, 0.5) is 0 Å². The Morgan fingerprint density at radius 1 is 0.852 bits per heavy atom. The highest BCUT2D eigenvalue weighted by Gasteiger charge is 2.35. The van der Waals surface area contributed by atoms with Crippen LogP contribution in [-0.2, 0) is 9.84 Å². The second-order valence-electron chi connectivity index (χ2n) is 6.85. The Balaban J connectivity index is 2.15. The maximum atomic E-state index is 13.6. The average molecular weight is 380 g/mol. The van der Waals surface area contributed by atoms with Crippen molar-refractivity contribution in [3.63, 3.8) is 0 Å². The van der Waals surface area contributed by atoms with E-state index in [0.717, 1.165) is 23.1 Å². The third kappa shape index (κ3) is 4.28. The first-order chi connectivity index (χ1) is 13.0. The molecule has 0 saturated heterocycles. The normalized spacial score (nSPS) is 13.9. The molecule has 3 nitrogen and oxygen atoms in total. The van der Waals surface area contributed by atoms with Gasteiger partial charge in [0, 0.05) is 18.3 Å². The molecule has 1 heterocycles. The van der Waals surface area contributed by atoms with Crippen molar-refractivity contribution in [2.24, 2.45) is 0 Å². The first kappa shape index (κ1) is 19.3. The van der Waals surface area contributed by atoms with Gasteiger partial charge >= 0.3 is 0 Å². The van der Waals surface area contributed by atoms with Crippen LogP contribution in [0.1, 0.15) is 42.4 Å². The van der Waals surface area contributed by atoms with E-state index in [-0.39, 0.29) is 5.92 Å². The molecule has 0 aliphatic carbocycles. The molecule has 2 atom stereocenters. The summed E-state index contributed by atoms with van der Waals surface area (Å²) in [6.45, 7) is 4.00. The summed E-state index contributed by atoms with van der Waals surface area (Å²) in [6.07, 6.45) is 4.85. The van der Waals surface area contributed by atoms with Crippen molar-refractivity contribution in [1.29, 1.82) is 0 Å². The van der Waals surface area contributed by atoms with Crippen molar-refractivity contribution in [3.8, 4) is 0 Å². The summed E-state index contributed by atoms with van der Waals surface area (Å²) < 4.78 is 27.2. The van der Waals surface area contributed by atoms with E-state index in [1.54, 1.807) is 24.5 Å². The minimum atomic E-state index is -3.50. The van der Waals surface area contributed by atoms with Crippen molar-refractivity contribution in [1.82, 2.24) is 4.98 Å². The zero-order valence-corrected chi connectivity index (χ0v) is 16.6. The molecule has 4 heteroatoms. The van der Waals surface area contributed by atoms with Crippen LogP contribution in [0.2, 0.25) is 0 Å². The van der Waals surface area contributed by atoms with Gasteiger partial charge in [-0.2, -0.15) is 0 Å². The molecule has 0 N–H and O–H groups in total. The lowest BCUT2D eigenvalue weighted by molar-refractivity contribution is 0.551. The van der Waals surface area contributed by atoms with Crippen LogP contribution in [0.25, 0.3) is 0 Å². The van der Waals surface area contributed by atoms with Gasteiger partial charge in [-0.05, 0) is 48.7 Å². The van der Waals surface area contributed by atoms with E-state index < -0.39 is 15.1 Å². The topological polar surface area (TPSA) is 47.0 Å². The summed E-state index contributed by atoms with van der Waals surface area (Å²) in [5, 5.41) is -0.532. The number of nitrogens with zero attached hydrogens (tertiary/aromatic N) is 1. The highest BCUT2D eigenvalue weighted by atomic mass is 32.2. The zero-order valence-electron chi connectivity index (χ0n) is 15.7. The molecule has 3 rings (SSSR count). The minimum absolute atomic E-state index is 0.236. The maximum Gasteiger partial charge on any atom is 0.182 e. The van der Waals surface area contributed by atoms with Crippen LogP contribution in [-0.4, -0.2) is 18.7 Å². The standard InChI is InChI=1S/C23H25NO2S/c1-3-7-22(27(25,26)21-12-10-18(2)11-13-21)23(19-8-5-4-6-9-19)20-14-16-24-17-15-20/h4-6,8-17,22-23H,3,7H2,1-2H3/t22-,23-/m1/s1. The van der Waals surface area contributed by atoms with Gasteiger partial charge in [0.1, 0.15) is 0 Å². The predicted molar refractivity (Wildman–Crippen MR) is 110 cm³/mol. The van der Waals surface area contributed by atoms with Gasteiger partial charge in [0.25, 0.3) is 0 Å². The molecule has 0 bridgehead atoms. The smallest absolute Gasteiger partial charge is 0.182 e. The fraction of sp³-hybridized carbons (Fsp3) is 0.261. The summed E-state index contributed by atoms with van der Waals surface area (Å²) in [7, 11) is -3.50.